The molecule has 0 spiro atoms. The van der Waals surface area contributed by atoms with E-state index in [1.54, 1.807) is 0 Å². The highest BCUT2D eigenvalue weighted by atomic mass is 14.2. The van der Waals surface area contributed by atoms with E-state index in [4.69, 9.17) is 0 Å². The first-order chi connectivity index (χ1) is 5.92. The Morgan fingerprint density at radius 3 is 3.08 bits per heavy atom. The lowest BCUT2D eigenvalue weighted by molar-refractivity contribution is 0.759. The van der Waals surface area contributed by atoms with Gasteiger partial charge in [0.1, 0.15) is 0 Å². The molecule has 1 aromatic carbocycles. The number of fused-ring (bicyclic) bond motifs is 1. The SMILES string of the molecule is CCC1[C]=CCc2ccccc21. The van der Waals surface area contributed by atoms with Crippen molar-refractivity contribution in [1.82, 2.24) is 0 Å². The van der Waals surface area contributed by atoms with Crippen LogP contribution in [0.4, 0.5) is 0 Å². The molecule has 0 amide bonds. The van der Waals surface area contributed by atoms with Crippen LogP contribution in [-0.4, -0.2) is 0 Å². The topological polar surface area (TPSA) is 0 Å². The summed E-state index contributed by atoms with van der Waals surface area (Å²) < 4.78 is 0. The van der Waals surface area contributed by atoms with Crippen LogP contribution in [0.15, 0.2) is 30.3 Å². The van der Waals surface area contributed by atoms with Gasteiger partial charge in [0.15, 0.2) is 0 Å². The first-order valence-corrected chi connectivity index (χ1v) is 4.57. The van der Waals surface area contributed by atoms with Crippen LogP contribution in [0, 0.1) is 6.08 Å². The van der Waals surface area contributed by atoms with E-state index in [1.165, 1.54) is 11.1 Å². The third kappa shape index (κ3) is 1.18. The Labute approximate surface area is 73.9 Å². The van der Waals surface area contributed by atoms with Gasteiger partial charge in [-0.3, -0.25) is 0 Å². The van der Waals surface area contributed by atoms with Crippen molar-refractivity contribution in [3.8, 4) is 0 Å². The van der Waals surface area contributed by atoms with Gasteiger partial charge in [0.25, 0.3) is 0 Å². The van der Waals surface area contributed by atoms with Crippen LogP contribution in [-0.2, 0) is 6.42 Å². The average molecular weight is 157 g/mol. The molecule has 0 saturated heterocycles. The van der Waals surface area contributed by atoms with Gasteiger partial charge < -0.3 is 0 Å². The van der Waals surface area contributed by atoms with E-state index in [-0.39, 0.29) is 0 Å². The van der Waals surface area contributed by atoms with Crippen molar-refractivity contribution >= 4 is 0 Å². The van der Waals surface area contributed by atoms with Crippen LogP contribution in [0.2, 0.25) is 0 Å². The predicted molar refractivity (Wildman–Crippen MR) is 51.0 cm³/mol. The van der Waals surface area contributed by atoms with Crippen molar-refractivity contribution in [3.05, 3.63) is 47.5 Å². The van der Waals surface area contributed by atoms with Crippen molar-refractivity contribution < 1.29 is 0 Å². The molecule has 1 aliphatic rings. The predicted octanol–water partition coefficient (Wildman–Crippen LogP) is 3.10. The molecule has 1 atom stereocenters. The second-order valence-corrected chi connectivity index (χ2v) is 3.23. The van der Waals surface area contributed by atoms with Gasteiger partial charge in [-0.05, 0) is 30.0 Å². The summed E-state index contributed by atoms with van der Waals surface area (Å²) in [6.45, 7) is 2.22. The van der Waals surface area contributed by atoms with Crippen LogP contribution < -0.4 is 0 Å². The Bertz CT molecular complexity index is 297. The third-order valence-corrected chi connectivity index (χ3v) is 2.48. The van der Waals surface area contributed by atoms with Crippen LogP contribution in [0.25, 0.3) is 0 Å². The maximum atomic E-state index is 3.40. The molecule has 0 aromatic heterocycles. The Balaban J connectivity index is 2.43. The van der Waals surface area contributed by atoms with Gasteiger partial charge in [-0.1, -0.05) is 37.3 Å². The fraction of sp³-hybridized carbons (Fsp3) is 0.333. The molecule has 1 unspecified atom stereocenters. The zero-order valence-electron chi connectivity index (χ0n) is 7.38. The maximum absolute atomic E-state index is 3.40. The number of rotatable bonds is 1. The first-order valence-electron chi connectivity index (χ1n) is 4.57. The van der Waals surface area contributed by atoms with Crippen LogP contribution in [0.3, 0.4) is 0 Å². The van der Waals surface area contributed by atoms with Gasteiger partial charge in [-0.25, -0.2) is 0 Å². The monoisotopic (exact) mass is 157 g/mol. The normalized spacial score (nSPS) is 20.6. The molecule has 61 valence electrons. The number of benzene rings is 1. The molecule has 12 heavy (non-hydrogen) atoms. The Morgan fingerprint density at radius 2 is 2.25 bits per heavy atom. The van der Waals surface area contributed by atoms with Crippen molar-refractivity contribution in [2.45, 2.75) is 25.7 Å². The lowest BCUT2D eigenvalue weighted by Crippen LogP contribution is -2.03. The van der Waals surface area contributed by atoms with Gasteiger partial charge in [0.2, 0.25) is 0 Å². The fourth-order valence-corrected chi connectivity index (χ4v) is 1.80. The molecule has 1 aromatic rings. The quantitative estimate of drug-likeness (QED) is 0.587. The molecule has 0 bridgehead atoms. The maximum Gasteiger partial charge on any atom is 0.00893 e. The molecule has 0 saturated carbocycles. The molecule has 0 N–H and O–H groups in total. The van der Waals surface area contributed by atoms with Crippen molar-refractivity contribution in [3.63, 3.8) is 0 Å². The number of hydrogen-bond donors (Lipinski definition) is 0. The highest BCUT2D eigenvalue weighted by molar-refractivity contribution is 5.35. The molecule has 0 heteroatoms. The summed E-state index contributed by atoms with van der Waals surface area (Å²) >= 11 is 0. The minimum Gasteiger partial charge on any atom is -0.0760 e. The van der Waals surface area contributed by atoms with Crippen molar-refractivity contribution in [1.29, 1.82) is 0 Å². The molecule has 1 aliphatic carbocycles. The Kier molecular flexibility index (Phi) is 1.99. The third-order valence-electron chi connectivity index (χ3n) is 2.48. The Morgan fingerprint density at radius 1 is 1.42 bits per heavy atom. The highest BCUT2D eigenvalue weighted by Gasteiger charge is 2.12. The van der Waals surface area contributed by atoms with Gasteiger partial charge in [0, 0.05) is 5.92 Å². The van der Waals surface area contributed by atoms with Gasteiger partial charge >= 0.3 is 0 Å². The molecule has 0 fully saturated rings. The number of hydrogen-bond acceptors (Lipinski definition) is 0. The zero-order chi connectivity index (χ0) is 8.39. The van der Waals surface area contributed by atoms with E-state index in [1.807, 2.05) is 0 Å². The van der Waals surface area contributed by atoms with E-state index in [2.05, 4.69) is 43.3 Å². The summed E-state index contributed by atoms with van der Waals surface area (Å²) in [5.41, 5.74) is 2.95. The van der Waals surface area contributed by atoms with E-state index in [0.29, 0.717) is 5.92 Å². The fourth-order valence-electron chi connectivity index (χ4n) is 1.80. The summed E-state index contributed by atoms with van der Waals surface area (Å²) in [5, 5.41) is 0. The van der Waals surface area contributed by atoms with Crippen LogP contribution in [0.1, 0.15) is 30.4 Å². The van der Waals surface area contributed by atoms with Gasteiger partial charge in [-0.2, -0.15) is 0 Å². The second kappa shape index (κ2) is 3.14. The lowest BCUT2D eigenvalue weighted by Gasteiger charge is -2.18. The Hall–Kier alpha value is -1.04. The average Bonchev–Trinajstić information content (AvgIpc) is 2.17. The second-order valence-electron chi connectivity index (χ2n) is 3.23. The highest BCUT2D eigenvalue weighted by Crippen LogP contribution is 2.27. The first kappa shape index (κ1) is 7.60. The summed E-state index contributed by atoms with van der Waals surface area (Å²) in [5.74, 6) is 0.537. The van der Waals surface area contributed by atoms with E-state index in [0.717, 1.165) is 12.8 Å². The summed E-state index contributed by atoms with van der Waals surface area (Å²) in [4.78, 5) is 0. The number of allylic oxidation sites excluding steroid dienone is 2. The van der Waals surface area contributed by atoms with Crippen LogP contribution >= 0.6 is 0 Å². The van der Waals surface area contributed by atoms with Gasteiger partial charge in [0.05, 0.1) is 0 Å². The minimum absolute atomic E-state index is 0.537. The summed E-state index contributed by atoms with van der Waals surface area (Å²) in [6.07, 6.45) is 7.79. The van der Waals surface area contributed by atoms with Gasteiger partial charge in [-0.15, -0.1) is 0 Å². The standard InChI is InChI=1S/C12H13/c1-2-10-7-5-8-11-6-3-4-9-12(10)11/h3-6,9-10H,2,8H2,1H3. The summed E-state index contributed by atoms with van der Waals surface area (Å²) in [7, 11) is 0. The van der Waals surface area contributed by atoms with E-state index in [9.17, 15) is 0 Å². The van der Waals surface area contributed by atoms with Crippen molar-refractivity contribution in [2.24, 2.45) is 0 Å². The largest absolute Gasteiger partial charge is 0.0760 e. The zero-order valence-corrected chi connectivity index (χ0v) is 7.38. The molecule has 0 nitrogen and oxygen atoms in total. The molecule has 0 aliphatic heterocycles. The molecular weight excluding hydrogens is 144 g/mol. The molecule has 1 radical (unpaired) electrons. The van der Waals surface area contributed by atoms with E-state index < -0.39 is 0 Å². The summed E-state index contributed by atoms with van der Waals surface area (Å²) in [6, 6.07) is 8.68. The smallest absolute Gasteiger partial charge is 0.00893 e. The van der Waals surface area contributed by atoms with E-state index >= 15 is 0 Å². The van der Waals surface area contributed by atoms with Crippen molar-refractivity contribution in [2.75, 3.05) is 0 Å². The molecular formula is C12H13. The van der Waals surface area contributed by atoms with Crippen LogP contribution in [0.5, 0.6) is 0 Å². The lowest BCUT2D eigenvalue weighted by atomic mass is 9.86. The molecule has 0 heterocycles. The minimum atomic E-state index is 0.537. The molecule has 2 rings (SSSR count).